The van der Waals surface area contributed by atoms with Crippen LogP contribution in [0.1, 0.15) is 24.0 Å². The van der Waals surface area contributed by atoms with Crippen LogP contribution in [0.3, 0.4) is 0 Å². The van der Waals surface area contributed by atoms with Gasteiger partial charge < -0.3 is 10.0 Å². The van der Waals surface area contributed by atoms with Crippen molar-refractivity contribution in [1.29, 1.82) is 0 Å². The quantitative estimate of drug-likeness (QED) is 0.789. The van der Waals surface area contributed by atoms with Gasteiger partial charge in [-0.3, -0.25) is 4.79 Å². The Morgan fingerprint density at radius 1 is 1.20 bits per heavy atom. The van der Waals surface area contributed by atoms with Crippen molar-refractivity contribution in [3.05, 3.63) is 71.6 Å². The minimum Gasteiger partial charge on any atom is -0.394 e. The van der Waals surface area contributed by atoms with E-state index in [0.717, 1.165) is 21.5 Å². The van der Waals surface area contributed by atoms with Gasteiger partial charge in [-0.2, -0.15) is 4.31 Å². The van der Waals surface area contributed by atoms with E-state index in [9.17, 15) is 22.7 Å². The normalized spacial score (nSPS) is 24.7. The molecule has 2 aromatic rings. The second kappa shape index (κ2) is 7.94. The van der Waals surface area contributed by atoms with Crippen molar-refractivity contribution in [3.8, 4) is 0 Å². The predicted molar refractivity (Wildman–Crippen MR) is 111 cm³/mol. The Bertz CT molecular complexity index is 1080. The number of allylic oxidation sites excluding steroid dienone is 1. The number of piperazine rings is 1. The van der Waals surface area contributed by atoms with E-state index in [1.807, 2.05) is 43.3 Å². The first-order valence-corrected chi connectivity index (χ1v) is 11.2. The van der Waals surface area contributed by atoms with E-state index in [0.29, 0.717) is 0 Å². The van der Waals surface area contributed by atoms with Gasteiger partial charge in [-0.15, -0.1) is 0 Å². The summed E-state index contributed by atoms with van der Waals surface area (Å²) in [6.07, 6.45) is 3.91. The molecule has 0 aliphatic carbocycles. The summed E-state index contributed by atoms with van der Waals surface area (Å²) in [5, 5.41) is 9.87. The van der Waals surface area contributed by atoms with Crippen molar-refractivity contribution >= 4 is 22.0 Å². The van der Waals surface area contributed by atoms with E-state index in [1.54, 1.807) is 4.90 Å². The summed E-state index contributed by atoms with van der Waals surface area (Å²) < 4.78 is 40.7. The highest BCUT2D eigenvalue weighted by Crippen LogP contribution is 2.43. The molecule has 2 aliphatic rings. The Morgan fingerprint density at radius 3 is 2.57 bits per heavy atom. The molecule has 1 amide bonds. The summed E-state index contributed by atoms with van der Waals surface area (Å²) in [6.45, 7) is 1.52. The summed E-state index contributed by atoms with van der Waals surface area (Å²) in [7, 11) is -4.01. The molecule has 158 valence electrons. The number of hydrogen-bond acceptors (Lipinski definition) is 4. The standard InChI is InChI=1S/C22H23FN2O4S/c1-2-4-15-7-9-16(10-8-15)22-19-12-24(13-21(27)25(19)20(22)14-26)30(28,29)18-6-3-5-17(23)11-18/h2-11,19-20,22,26H,12-14H2,1H3/b4-2+/t19-,20-,22+/m1/s1. The predicted octanol–water partition coefficient (Wildman–Crippen LogP) is 2.22. The topological polar surface area (TPSA) is 77.9 Å². The van der Waals surface area contributed by atoms with Crippen LogP contribution in [0.4, 0.5) is 4.39 Å². The number of halogens is 1. The van der Waals surface area contributed by atoms with Gasteiger partial charge in [-0.25, -0.2) is 12.8 Å². The Morgan fingerprint density at radius 2 is 1.93 bits per heavy atom. The van der Waals surface area contributed by atoms with Crippen LogP contribution in [0.2, 0.25) is 0 Å². The van der Waals surface area contributed by atoms with E-state index in [2.05, 4.69) is 0 Å². The summed E-state index contributed by atoms with van der Waals surface area (Å²) in [4.78, 5) is 14.1. The molecule has 0 saturated carbocycles. The van der Waals surface area contributed by atoms with Crippen molar-refractivity contribution in [2.75, 3.05) is 19.7 Å². The lowest BCUT2D eigenvalue weighted by Gasteiger charge is -2.58. The average Bonchev–Trinajstić information content (AvgIpc) is 2.71. The van der Waals surface area contributed by atoms with Crippen LogP contribution < -0.4 is 0 Å². The third-order valence-electron chi connectivity index (χ3n) is 5.84. The molecule has 2 aromatic carbocycles. The highest BCUT2D eigenvalue weighted by molar-refractivity contribution is 7.89. The van der Waals surface area contributed by atoms with Crippen molar-refractivity contribution in [1.82, 2.24) is 9.21 Å². The van der Waals surface area contributed by atoms with Gasteiger partial charge in [0.15, 0.2) is 0 Å². The van der Waals surface area contributed by atoms with Crippen LogP contribution in [0.5, 0.6) is 0 Å². The number of amides is 1. The number of sulfonamides is 1. The van der Waals surface area contributed by atoms with Crippen LogP contribution in [0.15, 0.2) is 59.5 Å². The zero-order valence-corrected chi connectivity index (χ0v) is 17.3. The van der Waals surface area contributed by atoms with Gasteiger partial charge in [0.25, 0.3) is 0 Å². The molecule has 8 heteroatoms. The number of hydrogen-bond donors (Lipinski definition) is 1. The fourth-order valence-corrected chi connectivity index (χ4v) is 5.89. The van der Waals surface area contributed by atoms with Crippen LogP contribution >= 0.6 is 0 Å². The molecule has 0 aromatic heterocycles. The highest BCUT2D eigenvalue weighted by Gasteiger charge is 2.55. The van der Waals surface area contributed by atoms with Crippen LogP contribution in [0, 0.1) is 5.82 Å². The summed E-state index contributed by atoms with van der Waals surface area (Å²) in [5.41, 5.74) is 1.98. The minimum atomic E-state index is -4.01. The fourth-order valence-electron chi connectivity index (χ4n) is 4.45. The highest BCUT2D eigenvalue weighted by atomic mass is 32.2. The molecule has 2 saturated heterocycles. The smallest absolute Gasteiger partial charge is 0.243 e. The third-order valence-corrected chi connectivity index (χ3v) is 7.64. The lowest BCUT2D eigenvalue weighted by molar-refractivity contribution is -0.158. The summed E-state index contributed by atoms with van der Waals surface area (Å²) in [5.74, 6) is -1.18. The van der Waals surface area contributed by atoms with E-state index in [4.69, 9.17) is 0 Å². The van der Waals surface area contributed by atoms with Crippen molar-refractivity contribution < 1.29 is 22.7 Å². The zero-order valence-electron chi connectivity index (χ0n) is 16.5. The SMILES string of the molecule is C/C=C/c1ccc([C@@H]2[C@@H](CO)N3C(=O)CN(S(=O)(=O)c4cccc(F)c4)C[C@H]23)cc1. The molecule has 6 nitrogen and oxygen atoms in total. The Kier molecular flexibility index (Phi) is 5.48. The molecule has 2 aliphatic heterocycles. The van der Waals surface area contributed by atoms with Crippen LogP contribution in [-0.4, -0.2) is 60.4 Å². The molecule has 0 unspecified atom stereocenters. The fraction of sp³-hybridized carbons (Fsp3) is 0.318. The number of nitrogens with zero attached hydrogens (tertiary/aromatic N) is 2. The van der Waals surface area contributed by atoms with Gasteiger partial charge in [0.2, 0.25) is 15.9 Å². The lowest BCUT2D eigenvalue weighted by atomic mass is 9.74. The van der Waals surface area contributed by atoms with E-state index >= 15 is 0 Å². The molecule has 4 rings (SSSR count). The summed E-state index contributed by atoms with van der Waals surface area (Å²) in [6, 6.07) is 11.8. The van der Waals surface area contributed by atoms with Gasteiger partial charge in [-0.05, 0) is 36.2 Å². The number of aliphatic hydroxyl groups excluding tert-OH is 1. The van der Waals surface area contributed by atoms with Crippen molar-refractivity contribution in [2.45, 2.75) is 29.8 Å². The van der Waals surface area contributed by atoms with Gasteiger partial charge in [0.1, 0.15) is 5.82 Å². The molecular formula is C22H23FN2O4S. The Balaban J connectivity index is 1.63. The molecule has 2 fully saturated rings. The maximum absolute atomic E-state index is 13.6. The largest absolute Gasteiger partial charge is 0.394 e. The van der Waals surface area contributed by atoms with Gasteiger partial charge in [0, 0.05) is 12.5 Å². The van der Waals surface area contributed by atoms with E-state index in [-0.39, 0.29) is 48.5 Å². The molecule has 0 spiro atoms. The Hall–Kier alpha value is -2.55. The third kappa shape index (κ3) is 3.45. The van der Waals surface area contributed by atoms with Gasteiger partial charge >= 0.3 is 0 Å². The van der Waals surface area contributed by atoms with E-state index in [1.165, 1.54) is 18.2 Å². The number of carbonyl (C=O) groups is 1. The molecular weight excluding hydrogens is 407 g/mol. The first kappa shape index (κ1) is 20.7. The van der Waals surface area contributed by atoms with E-state index < -0.39 is 15.8 Å². The Labute approximate surface area is 175 Å². The van der Waals surface area contributed by atoms with Gasteiger partial charge in [-0.1, -0.05) is 42.5 Å². The molecule has 30 heavy (non-hydrogen) atoms. The number of aliphatic hydroxyl groups is 1. The number of benzene rings is 2. The number of carbonyl (C=O) groups excluding carboxylic acids is 1. The van der Waals surface area contributed by atoms with Crippen molar-refractivity contribution in [2.24, 2.45) is 0 Å². The summed E-state index contributed by atoms with van der Waals surface area (Å²) >= 11 is 0. The van der Waals surface area contributed by atoms with Crippen LogP contribution in [-0.2, 0) is 14.8 Å². The second-order valence-electron chi connectivity index (χ2n) is 7.57. The average molecular weight is 431 g/mol. The van der Waals surface area contributed by atoms with Gasteiger partial charge in [0.05, 0.1) is 30.1 Å². The number of fused-ring (bicyclic) bond motifs is 1. The van der Waals surface area contributed by atoms with Crippen molar-refractivity contribution in [3.63, 3.8) is 0 Å². The first-order valence-electron chi connectivity index (χ1n) is 9.77. The lowest BCUT2D eigenvalue weighted by Crippen LogP contribution is -2.73. The number of rotatable bonds is 5. The molecule has 0 radical (unpaired) electrons. The van der Waals surface area contributed by atoms with Crippen LogP contribution in [0.25, 0.3) is 6.08 Å². The first-order chi connectivity index (χ1) is 14.4. The maximum Gasteiger partial charge on any atom is 0.243 e. The monoisotopic (exact) mass is 430 g/mol. The molecule has 3 atom stereocenters. The molecule has 2 heterocycles. The molecule has 1 N–H and O–H groups in total. The second-order valence-corrected chi connectivity index (χ2v) is 9.50. The minimum absolute atomic E-state index is 0.0996. The maximum atomic E-state index is 13.6. The molecule has 0 bridgehead atoms. The zero-order chi connectivity index (χ0) is 21.5.